The third-order valence-electron chi connectivity index (χ3n) is 5.66. The zero-order chi connectivity index (χ0) is 21.8. The van der Waals surface area contributed by atoms with E-state index < -0.39 is 0 Å². The second-order valence-corrected chi connectivity index (χ2v) is 7.64. The molecule has 0 spiro atoms. The molecular formula is C24H25N7. The van der Waals surface area contributed by atoms with Crippen LogP contribution in [0.1, 0.15) is 24.0 Å². The summed E-state index contributed by atoms with van der Waals surface area (Å²) in [7, 11) is 1.84. The summed E-state index contributed by atoms with van der Waals surface area (Å²) in [6.45, 7) is 1.72. The number of aromatic nitrogens is 2. The fourth-order valence-electron chi connectivity index (χ4n) is 3.83. The van der Waals surface area contributed by atoms with Crippen molar-refractivity contribution in [2.45, 2.75) is 18.9 Å². The lowest BCUT2D eigenvalue weighted by atomic mass is 10.0. The number of rotatable bonds is 5. The molecule has 1 fully saturated rings. The molecule has 3 aromatic rings. The van der Waals surface area contributed by atoms with E-state index in [1.54, 1.807) is 12.1 Å². The lowest BCUT2D eigenvalue weighted by molar-refractivity contribution is 0.498. The normalized spacial score (nSPS) is 14.2. The van der Waals surface area contributed by atoms with E-state index in [0.717, 1.165) is 65.5 Å². The fourth-order valence-corrected chi connectivity index (χ4v) is 3.83. The quantitative estimate of drug-likeness (QED) is 0.552. The average Bonchev–Trinajstić information content (AvgIpc) is 2.83. The third kappa shape index (κ3) is 4.25. The van der Waals surface area contributed by atoms with Crippen molar-refractivity contribution in [1.82, 2.24) is 9.97 Å². The highest BCUT2D eigenvalue weighted by molar-refractivity contribution is 5.90. The van der Waals surface area contributed by atoms with Gasteiger partial charge in [-0.15, -0.1) is 0 Å². The predicted molar refractivity (Wildman–Crippen MR) is 124 cm³/mol. The van der Waals surface area contributed by atoms with Gasteiger partial charge in [-0.3, -0.25) is 4.98 Å². The molecular weight excluding hydrogens is 386 g/mol. The Morgan fingerprint density at radius 3 is 2.48 bits per heavy atom. The highest BCUT2D eigenvalue weighted by Gasteiger charge is 2.20. The Bertz CT molecular complexity index is 1120. The zero-order valence-corrected chi connectivity index (χ0v) is 17.5. The van der Waals surface area contributed by atoms with Gasteiger partial charge in [-0.25, -0.2) is 4.98 Å². The molecule has 1 aliphatic heterocycles. The first-order chi connectivity index (χ1) is 15.1. The Kier molecular flexibility index (Phi) is 5.92. The Morgan fingerprint density at radius 1 is 1.13 bits per heavy atom. The van der Waals surface area contributed by atoms with E-state index in [2.05, 4.69) is 16.3 Å². The van der Waals surface area contributed by atoms with Crippen LogP contribution in [-0.2, 0) is 0 Å². The number of benzene rings is 2. The highest BCUT2D eigenvalue weighted by atomic mass is 15.2. The lowest BCUT2D eigenvalue weighted by Gasteiger charge is -2.31. The molecule has 0 radical (unpaired) electrons. The van der Waals surface area contributed by atoms with Gasteiger partial charge in [-0.05, 0) is 37.1 Å². The number of nitrogens with two attached hydrogens (primary N) is 1. The molecule has 1 aromatic heterocycles. The van der Waals surface area contributed by atoms with Crippen molar-refractivity contribution in [3.8, 4) is 28.6 Å². The molecule has 1 saturated heterocycles. The standard InChI is InChI=1S/C24H25N7/c1-28-21-7-6-18(12-19(21)14-26)23-24(17-4-2-16(13-25)3-5-17)30-22(15-29-23)31-10-8-20(27)9-11-31/h2-7,12,14-15,20,26,28H,8-11,27H2,1H3. The second-order valence-electron chi connectivity index (χ2n) is 7.64. The number of nitrogens with one attached hydrogen (secondary N) is 2. The summed E-state index contributed by atoms with van der Waals surface area (Å²) in [5, 5.41) is 20.0. The summed E-state index contributed by atoms with van der Waals surface area (Å²) in [5.41, 5.74) is 11.6. The number of anilines is 2. The SMILES string of the molecule is CNc1ccc(-c2ncc(N3CCC(N)CC3)nc2-c2ccc(C#N)cc2)cc1C=N. The van der Waals surface area contributed by atoms with Gasteiger partial charge in [0.1, 0.15) is 5.82 Å². The first kappa shape index (κ1) is 20.5. The van der Waals surface area contributed by atoms with Crippen LogP contribution in [0.5, 0.6) is 0 Å². The maximum atomic E-state index is 9.15. The average molecular weight is 412 g/mol. The van der Waals surface area contributed by atoms with E-state index in [9.17, 15) is 0 Å². The van der Waals surface area contributed by atoms with Crippen LogP contribution in [0, 0.1) is 16.7 Å². The van der Waals surface area contributed by atoms with E-state index in [-0.39, 0.29) is 6.04 Å². The van der Waals surface area contributed by atoms with Crippen LogP contribution < -0.4 is 16.0 Å². The Balaban J connectivity index is 1.82. The van der Waals surface area contributed by atoms with Crippen LogP contribution >= 0.6 is 0 Å². The zero-order valence-electron chi connectivity index (χ0n) is 17.5. The van der Waals surface area contributed by atoms with Gasteiger partial charge < -0.3 is 21.4 Å². The van der Waals surface area contributed by atoms with Gasteiger partial charge >= 0.3 is 0 Å². The van der Waals surface area contributed by atoms with Gasteiger partial charge in [0.15, 0.2) is 0 Å². The van der Waals surface area contributed by atoms with Crippen molar-refractivity contribution in [2.24, 2.45) is 5.73 Å². The third-order valence-corrected chi connectivity index (χ3v) is 5.66. The van der Waals surface area contributed by atoms with Crippen LogP contribution in [0.25, 0.3) is 22.5 Å². The summed E-state index contributed by atoms with van der Waals surface area (Å²) in [6, 6.07) is 15.7. The summed E-state index contributed by atoms with van der Waals surface area (Å²) in [5.74, 6) is 0.828. The summed E-state index contributed by atoms with van der Waals surface area (Å²) >= 11 is 0. The van der Waals surface area contributed by atoms with Crippen LogP contribution in [0.15, 0.2) is 48.7 Å². The van der Waals surface area contributed by atoms with Gasteiger partial charge in [0.2, 0.25) is 0 Å². The molecule has 7 heteroatoms. The largest absolute Gasteiger partial charge is 0.388 e. The van der Waals surface area contributed by atoms with Gasteiger partial charge in [-0.1, -0.05) is 18.2 Å². The molecule has 4 rings (SSSR count). The van der Waals surface area contributed by atoms with E-state index >= 15 is 0 Å². The molecule has 7 nitrogen and oxygen atoms in total. The number of hydrogen-bond acceptors (Lipinski definition) is 7. The minimum absolute atomic E-state index is 0.242. The maximum Gasteiger partial charge on any atom is 0.147 e. The Morgan fingerprint density at radius 2 is 1.84 bits per heavy atom. The van der Waals surface area contributed by atoms with Crippen molar-refractivity contribution in [3.05, 3.63) is 59.8 Å². The van der Waals surface area contributed by atoms with Gasteiger partial charge in [-0.2, -0.15) is 5.26 Å². The van der Waals surface area contributed by atoms with E-state index in [1.165, 1.54) is 6.21 Å². The van der Waals surface area contributed by atoms with Crippen molar-refractivity contribution >= 4 is 17.7 Å². The van der Waals surface area contributed by atoms with Crippen molar-refractivity contribution in [1.29, 1.82) is 10.7 Å². The minimum atomic E-state index is 0.242. The first-order valence-corrected chi connectivity index (χ1v) is 10.3. The molecule has 0 bridgehead atoms. The van der Waals surface area contributed by atoms with Crippen molar-refractivity contribution < 1.29 is 0 Å². The predicted octanol–water partition coefficient (Wildman–Crippen LogP) is 3.65. The molecule has 2 aromatic carbocycles. The summed E-state index contributed by atoms with van der Waals surface area (Å²) in [6.07, 6.45) is 5.01. The van der Waals surface area contributed by atoms with Crippen molar-refractivity contribution in [2.75, 3.05) is 30.4 Å². The molecule has 0 atom stereocenters. The second kappa shape index (κ2) is 8.94. The van der Waals surface area contributed by atoms with E-state index in [1.807, 2.05) is 43.6 Å². The molecule has 0 amide bonds. The number of piperidine rings is 1. The van der Waals surface area contributed by atoms with Gasteiger partial charge in [0.25, 0.3) is 0 Å². The lowest BCUT2D eigenvalue weighted by Crippen LogP contribution is -2.40. The fraction of sp³-hybridized carbons (Fsp3) is 0.250. The maximum absolute atomic E-state index is 9.15. The highest BCUT2D eigenvalue weighted by Crippen LogP contribution is 2.33. The molecule has 156 valence electrons. The van der Waals surface area contributed by atoms with Crippen LogP contribution in [0.3, 0.4) is 0 Å². The molecule has 4 N–H and O–H groups in total. The minimum Gasteiger partial charge on any atom is -0.388 e. The van der Waals surface area contributed by atoms with Gasteiger partial charge in [0.05, 0.1) is 29.2 Å². The van der Waals surface area contributed by atoms with E-state index in [4.69, 9.17) is 26.4 Å². The summed E-state index contributed by atoms with van der Waals surface area (Å²) < 4.78 is 0. The molecule has 31 heavy (non-hydrogen) atoms. The Labute approximate surface area is 182 Å². The van der Waals surface area contributed by atoms with Gasteiger partial charge in [0, 0.05) is 54.8 Å². The smallest absolute Gasteiger partial charge is 0.147 e. The van der Waals surface area contributed by atoms with Crippen LogP contribution in [0.2, 0.25) is 0 Å². The first-order valence-electron chi connectivity index (χ1n) is 10.3. The van der Waals surface area contributed by atoms with E-state index in [0.29, 0.717) is 5.56 Å². The number of nitriles is 1. The van der Waals surface area contributed by atoms with Crippen molar-refractivity contribution in [3.63, 3.8) is 0 Å². The monoisotopic (exact) mass is 411 g/mol. The molecule has 1 aliphatic rings. The van der Waals surface area contributed by atoms with Crippen LogP contribution in [-0.4, -0.2) is 42.4 Å². The number of nitrogens with zero attached hydrogens (tertiary/aromatic N) is 4. The molecule has 0 unspecified atom stereocenters. The molecule has 2 heterocycles. The Hall–Kier alpha value is -3.76. The van der Waals surface area contributed by atoms with Crippen LogP contribution in [0.4, 0.5) is 11.5 Å². The molecule has 0 aliphatic carbocycles. The number of hydrogen-bond donors (Lipinski definition) is 3. The topological polar surface area (TPSA) is 115 Å². The molecule has 0 saturated carbocycles. The summed E-state index contributed by atoms with van der Waals surface area (Å²) in [4.78, 5) is 12.0.